The summed E-state index contributed by atoms with van der Waals surface area (Å²) in [6, 6.07) is 8.52. The molecule has 0 radical (unpaired) electrons. The lowest BCUT2D eigenvalue weighted by molar-refractivity contribution is -0.117. The van der Waals surface area contributed by atoms with Gasteiger partial charge in [0.2, 0.25) is 5.91 Å². The number of nitrogens with zero attached hydrogens (tertiary/aromatic N) is 2. The van der Waals surface area contributed by atoms with Crippen molar-refractivity contribution in [1.82, 2.24) is 4.90 Å². The van der Waals surface area contributed by atoms with E-state index in [0.29, 0.717) is 42.4 Å². The molecule has 2 aromatic rings. The zero-order valence-electron chi connectivity index (χ0n) is 16.7. The Morgan fingerprint density at radius 3 is 2.55 bits per heavy atom. The number of carbonyl (C=O) groups is 2. The summed E-state index contributed by atoms with van der Waals surface area (Å²) in [6.07, 6.45) is 0.783. The summed E-state index contributed by atoms with van der Waals surface area (Å²) >= 11 is 1.40. The first-order valence-electron chi connectivity index (χ1n) is 9.83. The van der Waals surface area contributed by atoms with Crippen molar-refractivity contribution in [3.05, 3.63) is 46.6 Å². The summed E-state index contributed by atoms with van der Waals surface area (Å²) in [7, 11) is 0. The normalized spacial score (nSPS) is 14.7. The molecule has 0 unspecified atom stereocenters. The van der Waals surface area contributed by atoms with Crippen LogP contribution in [-0.2, 0) is 16.0 Å². The number of hydrogen-bond donors (Lipinski definition) is 1. The zero-order valence-corrected chi connectivity index (χ0v) is 17.6. The highest BCUT2D eigenvalue weighted by molar-refractivity contribution is 7.16. The fraction of sp³-hybridized carbons (Fsp3) is 0.429. The van der Waals surface area contributed by atoms with Gasteiger partial charge in [-0.1, -0.05) is 19.1 Å². The van der Waals surface area contributed by atoms with Gasteiger partial charge in [0.05, 0.1) is 24.4 Å². The summed E-state index contributed by atoms with van der Waals surface area (Å²) in [5.74, 6) is -0.814. The van der Waals surface area contributed by atoms with Gasteiger partial charge < -0.3 is 15.0 Å². The zero-order chi connectivity index (χ0) is 20.8. The van der Waals surface area contributed by atoms with E-state index in [9.17, 15) is 14.0 Å². The highest BCUT2D eigenvalue weighted by Gasteiger charge is 2.23. The number of halogens is 1. The minimum atomic E-state index is -0.419. The van der Waals surface area contributed by atoms with Gasteiger partial charge >= 0.3 is 5.97 Å². The van der Waals surface area contributed by atoms with Gasteiger partial charge in [0, 0.05) is 31.1 Å². The Labute approximate surface area is 174 Å². The molecule has 1 N–H and O–H groups in total. The lowest BCUT2D eigenvalue weighted by Gasteiger charge is -2.35. The number of anilines is 2. The Hall–Kier alpha value is -2.45. The van der Waals surface area contributed by atoms with Crippen LogP contribution in [0.3, 0.4) is 0 Å². The Bertz CT molecular complexity index is 863. The second kappa shape index (κ2) is 9.84. The van der Waals surface area contributed by atoms with Crippen molar-refractivity contribution in [2.75, 3.05) is 49.5 Å². The first-order valence-corrected chi connectivity index (χ1v) is 10.6. The van der Waals surface area contributed by atoms with E-state index in [-0.39, 0.29) is 24.9 Å². The van der Waals surface area contributed by atoms with E-state index >= 15 is 0 Å². The topological polar surface area (TPSA) is 61.9 Å². The second-order valence-corrected chi connectivity index (χ2v) is 7.93. The standard InChI is InChI=1S/C21H26FN3O3S/c1-3-15-13-16(21(27)28-4-2)20(29-15)23-19(26)14-24-9-11-25(12-10-24)18-8-6-5-7-17(18)22/h5-8,13H,3-4,9-12,14H2,1-2H3,(H,23,26). The monoisotopic (exact) mass is 419 g/mol. The van der Waals surface area contributed by atoms with E-state index < -0.39 is 5.97 Å². The number of amides is 1. The lowest BCUT2D eigenvalue weighted by atomic mass is 10.2. The van der Waals surface area contributed by atoms with E-state index in [2.05, 4.69) is 5.32 Å². The van der Waals surface area contributed by atoms with Gasteiger partial charge in [-0.25, -0.2) is 9.18 Å². The number of esters is 1. The van der Waals surface area contributed by atoms with Crippen LogP contribution in [-0.4, -0.2) is 56.1 Å². The highest BCUT2D eigenvalue weighted by Crippen LogP contribution is 2.29. The highest BCUT2D eigenvalue weighted by atomic mass is 32.1. The van der Waals surface area contributed by atoms with Gasteiger partial charge in [-0.2, -0.15) is 0 Å². The minimum absolute atomic E-state index is 0.167. The number of piperazine rings is 1. The Balaban J connectivity index is 1.56. The molecular weight excluding hydrogens is 393 g/mol. The van der Waals surface area contributed by atoms with Gasteiger partial charge in [0.25, 0.3) is 0 Å². The molecule has 1 saturated heterocycles. The predicted octanol–water partition coefficient (Wildman–Crippen LogP) is 3.39. The maximum Gasteiger partial charge on any atom is 0.341 e. The van der Waals surface area contributed by atoms with E-state index in [0.717, 1.165) is 11.3 Å². The van der Waals surface area contributed by atoms with Crippen LogP contribution in [0.15, 0.2) is 30.3 Å². The minimum Gasteiger partial charge on any atom is -0.462 e. The number of hydrogen-bond acceptors (Lipinski definition) is 6. The summed E-state index contributed by atoms with van der Waals surface area (Å²) in [4.78, 5) is 29.7. The quantitative estimate of drug-likeness (QED) is 0.697. The molecule has 6 nitrogen and oxygen atoms in total. The Kier molecular flexibility index (Phi) is 7.22. The van der Waals surface area contributed by atoms with Crippen LogP contribution < -0.4 is 10.2 Å². The van der Waals surface area contributed by atoms with Crippen LogP contribution in [0.2, 0.25) is 0 Å². The van der Waals surface area contributed by atoms with Crippen molar-refractivity contribution in [2.45, 2.75) is 20.3 Å². The van der Waals surface area contributed by atoms with Crippen molar-refractivity contribution in [3.63, 3.8) is 0 Å². The molecule has 0 spiro atoms. The number of aryl methyl sites for hydroxylation is 1. The SMILES string of the molecule is CCOC(=O)c1cc(CC)sc1NC(=O)CN1CCN(c2ccccc2F)CC1. The fourth-order valence-electron chi connectivity index (χ4n) is 3.29. The molecule has 0 saturated carbocycles. The summed E-state index contributed by atoms with van der Waals surface area (Å²) in [5, 5.41) is 3.40. The van der Waals surface area contributed by atoms with E-state index in [4.69, 9.17) is 4.74 Å². The molecule has 1 aromatic carbocycles. The largest absolute Gasteiger partial charge is 0.462 e. The molecule has 2 heterocycles. The lowest BCUT2D eigenvalue weighted by Crippen LogP contribution is -2.48. The molecular formula is C21H26FN3O3S. The Morgan fingerprint density at radius 2 is 1.90 bits per heavy atom. The number of carbonyl (C=O) groups excluding carboxylic acids is 2. The van der Waals surface area contributed by atoms with Gasteiger partial charge in [-0.15, -0.1) is 11.3 Å². The van der Waals surface area contributed by atoms with Crippen LogP contribution in [0.4, 0.5) is 15.1 Å². The average molecular weight is 420 g/mol. The number of para-hydroxylation sites is 1. The van der Waals surface area contributed by atoms with E-state index in [1.165, 1.54) is 17.4 Å². The number of rotatable bonds is 7. The van der Waals surface area contributed by atoms with Crippen molar-refractivity contribution < 1.29 is 18.7 Å². The summed E-state index contributed by atoms with van der Waals surface area (Å²) < 4.78 is 19.0. The van der Waals surface area contributed by atoms with Crippen molar-refractivity contribution in [1.29, 1.82) is 0 Å². The summed E-state index contributed by atoms with van der Waals surface area (Å²) in [5.41, 5.74) is 1.01. The van der Waals surface area contributed by atoms with Crippen LogP contribution in [0.25, 0.3) is 0 Å². The molecule has 0 bridgehead atoms. The molecule has 0 aliphatic carbocycles. The molecule has 1 aliphatic heterocycles. The van der Waals surface area contributed by atoms with Gasteiger partial charge in [-0.3, -0.25) is 9.69 Å². The molecule has 1 aliphatic rings. The van der Waals surface area contributed by atoms with Crippen molar-refractivity contribution in [3.8, 4) is 0 Å². The Morgan fingerprint density at radius 1 is 1.17 bits per heavy atom. The number of nitrogens with one attached hydrogen (secondary N) is 1. The van der Waals surface area contributed by atoms with Crippen LogP contribution >= 0.6 is 11.3 Å². The molecule has 8 heteroatoms. The molecule has 0 atom stereocenters. The molecule has 1 amide bonds. The maximum atomic E-state index is 14.0. The number of thiophene rings is 1. The predicted molar refractivity (Wildman–Crippen MR) is 113 cm³/mol. The van der Waals surface area contributed by atoms with Gasteiger partial charge in [-0.05, 0) is 31.5 Å². The molecule has 1 fully saturated rings. The third-order valence-corrected chi connectivity index (χ3v) is 6.01. The van der Waals surface area contributed by atoms with Crippen molar-refractivity contribution in [2.24, 2.45) is 0 Å². The van der Waals surface area contributed by atoms with Crippen molar-refractivity contribution >= 4 is 33.9 Å². The molecule has 1 aromatic heterocycles. The smallest absolute Gasteiger partial charge is 0.341 e. The molecule has 29 heavy (non-hydrogen) atoms. The molecule has 3 rings (SSSR count). The van der Waals surface area contributed by atoms with Crippen LogP contribution in [0.5, 0.6) is 0 Å². The summed E-state index contributed by atoms with van der Waals surface area (Å²) in [6.45, 7) is 6.91. The van der Waals surface area contributed by atoms with Gasteiger partial charge in [0.15, 0.2) is 0 Å². The first kappa shape index (κ1) is 21.3. The van der Waals surface area contributed by atoms with E-state index in [1.807, 2.05) is 22.8 Å². The number of ether oxygens (including phenoxy) is 1. The third kappa shape index (κ3) is 5.33. The second-order valence-electron chi connectivity index (χ2n) is 6.79. The van der Waals surface area contributed by atoms with E-state index in [1.54, 1.807) is 25.1 Å². The molecule has 156 valence electrons. The number of benzene rings is 1. The van der Waals surface area contributed by atoms with Crippen LogP contribution in [0.1, 0.15) is 29.1 Å². The average Bonchev–Trinajstić information content (AvgIpc) is 3.12. The first-order chi connectivity index (χ1) is 14.0. The third-order valence-electron chi connectivity index (χ3n) is 4.81. The fourth-order valence-corrected chi connectivity index (χ4v) is 4.29. The van der Waals surface area contributed by atoms with Gasteiger partial charge in [0.1, 0.15) is 10.8 Å². The maximum absolute atomic E-state index is 14.0. The van der Waals surface area contributed by atoms with Crippen LogP contribution in [0, 0.1) is 5.82 Å².